The van der Waals surface area contributed by atoms with Crippen LogP contribution in [-0.2, 0) is 4.79 Å². The molecule has 158 valence electrons. The summed E-state index contributed by atoms with van der Waals surface area (Å²) in [6.45, 7) is 6.60. The molecule has 0 N–H and O–H groups in total. The molecule has 1 fully saturated rings. The molecule has 1 saturated heterocycles. The first-order chi connectivity index (χ1) is 14.4. The van der Waals surface area contributed by atoms with E-state index in [0.29, 0.717) is 24.0 Å². The summed E-state index contributed by atoms with van der Waals surface area (Å²) in [5, 5.41) is 4.59. The van der Waals surface area contributed by atoms with Crippen LogP contribution < -0.4 is 9.47 Å². The highest BCUT2D eigenvalue weighted by Crippen LogP contribution is 2.33. The zero-order chi connectivity index (χ0) is 21.4. The average Bonchev–Trinajstić information content (AvgIpc) is 3.30. The topological polar surface area (TPSA) is 69.0 Å². The second kappa shape index (κ2) is 8.14. The van der Waals surface area contributed by atoms with Gasteiger partial charge in [-0.3, -0.25) is 4.79 Å². The predicted octanol–water partition coefficient (Wildman–Crippen LogP) is 4.08. The molecule has 4 rings (SSSR count). The molecule has 1 aliphatic heterocycles. The third-order valence-electron chi connectivity index (χ3n) is 5.83. The van der Waals surface area contributed by atoms with Crippen molar-refractivity contribution in [2.45, 2.75) is 39.3 Å². The van der Waals surface area contributed by atoms with Gasteiger partial charge in [0.25, 0.3) is 0 Å². The fourth-order valence-corrected chi connectivity index (χ4v) is 4.13. The van der Waals surface area contributed by atoms with Gasteiger partial charge < -0.3 is 14.4 Å². The minimum absolute atomic E-state index is 0.0197. The molecule has 1 aliphatic rings. The number of hydrogen-bond acceptors (Lipinski definition) is 5. The largest absolute Gasteiger partial charge is 0.497 e. The number of likely N-dealkylation sites (tertiary alicyclic amines) is 1. The van der Waals surface area contributed by atoms with Crippen molar-refractivity contribution in [3.63, 3.8) is 0 Å². The van der Waals surface area contributed by atoms with Gasteiger partial charge in [-0.05, 0) is 38.5 Å². The van der Waals surface area contributed by atoms with Crippen molar-refractivity contribution in [1.29, 1.82) is 0 Å². The van der Waals surface area contributed by atoms with Gasteiger partial charge in [-0.2, -0.15) is 10.1 Å². The molecule has 3 aromatic rings. The van der Waals surface area contributed by atoms with Gasteiger partial charge in [0.15, 0.2) is 5.15 Å². The number of rotatable bonds is 6. The fraction of sp³-hybridized carbons (Fsp3) is 0.409. The normalized spacial score (nSPS) is 18.6. The van der Waals surface area contributed by atoms with Crippen molar-refractivity contribution < 1.29 is 14.3 Å². The van der Waals surface area contributed by atoms with Gasteiger partial charge in [0.1, 0.15) is 17.4 Å². The van der Waals surface area contributed by atoms with E-state index in [1.807, 2.05) is 49.9 Å². The number of methoxy groups -OCH3 is 1. The van der Waals surface area contributed by atoms with E-state index in [2.05, 4.69) is 10.1 Å². The first-order valence-corrected chi connectivity index (χ1v) is 10.4. The van der Waals surface area contributed by atoms with Crippen LogP contribution >= 0.6 is 11.6 Å². The zero-order valence-electron chi connectivity index (χ0n) is 17.5. The van der Waals surface area contributed by atoms with Gasteiger partial charge in [-0.25, -0.2) is 4.52 Å². The number of hydrogen-bond donors (Lipinski definition) is 0. The van der Waals surface area contributed by atoms with Gasteiger partial charge in [0.2, 0.25) is 11.8 Å². The Balaban J connectivity index is 1.49. The molecular formula is C22H25ClN4O3. The SMILES string of the molecule is COc1ccc(C(C)N2CC(C(C)Oc3nc(Cl)cn4ncc(C)c34)CC2=O)cc1. The van der Waals surface area contributed by atoms with Crippen LogP contribution in [0.4, 0.5) is 0 Å². The van der Waals surface area contributed by atoms with E-state index in [0.717, 1.165) is 22.4 Å². The number of aryl methyl sites for hydroxylation is 1. The van der Waals surface area contributed by atoms with Crippen LogP contribution in [0, 0.1) is 12.8 Å². The first kappa shape index (κ1) is 20.5. The zero-order valence-corrected chi connectivity index (χ0v) is 18.3. The number of halogens is 1. The van der Waals surface area contributed by atoms with E-state index in [9.17, 15) is 4.79 Å². The quantitative estimate of drug-likeness (QED) is 0.591. The molecule has 8 heteroatoms. The molecule has 2 aromatic heterocycles. The van der Waals surface area contributed by atoms with E-state index in [1.54, 1.807) is 24.0 Å². The molecule has 0 spiro atoms. The minimum Gasteiger partial charge on any atom is -0.497 e. The first-order valence-electron chi connectivity index (χ1n) is 9.98. The number of aromatic nitrogens is 3. The van der Waals surface area contributed by atoms with Crippen LogP contribution in [0.1, 0.15) is 37.4 Å². The number of nitrogens with zero attached hydrogens (tertiary/aromatic N) is 4. The van der Waals surface area contributed by atoms with Crippen LogP contribution in [-0.4, -0.2) is 45.2 Å². The number of fused-ring (bicyclic) bond motifs is 1. The Morgan fingerprint density at radius 2 is 1.97 bits per heavy atom. The van der Waals surface area contributed by atoms with Gasteiger partial charge in [-0.1, -0.05) is 23.7 Å². The van der Waals surface area contributed by atoms with Gasteiger partial charge in [-0.15, -0.1) is 0 Å². The summed E-state index contributed by atoms with van der Waals surface area (Å²) >= 11 is 6.13. The van der Waals surface area contributed by atoms with E-state index >= 15 is 0 Å². The van der Waals surface area contributed by atoms with Gasteiger partial charge in [0.05, 0.1) is 25.5 Å². The summed E-state index contributed by atoms with van der Waals surface area (Å²) in [7, 11) is 1.64. The Morgan fingerprint density at radius 1 is 1.23 bits per heavy atom. The van der Waals surface area contributed by atoms with Crippen molar-refractivity contribution in [3.8, 4) is 11.6 Å². The maximum atomic E-state index is 12.8. The number of amides is 1. The van der Waals surface area contributed by atoms with Gasteiger partial charge >= 0.3 is 0 Å². The van der Waals surface area contributed by atoms with Crippen molar-refractivity contribution in [1.82, 2.24) is 19.5 Å². The summed E-state index contributed by atoms with van der Waals surface area (Å²) in [4.78, 5) is 19.0. The standard InChI is InChI=1S/C22H25ClN4O3/c1-13-10-24-27-12-19(23)25-22(21(13)27)30-15(3)17-9-20(28)26(11-17)14(2)16-5-7-18(29-4)8-6-16/h5-8,10,12,14-15,17H,9,11H2,1-4H3. The van der Waals surface area contributed by atoms with Crippen LogP contribution in [0.2, 0.25) is 5.15 Å². The van der Waals surface area contributed by atoms with Crippen LogP contribution in [0.3, 0.4) is 0 Å². The third-order valence-corrected chi connectivity index (χ3v) is 6.02. The molecule has 7 nitrogen and oxygen atoms in total. The maximum Gasteiger partial charge on any atom is 0.242 e. The summed E-state index contributed by atoms with van der Waals surface area (Å²) in [5.74, 6) is 1.43. The molecule has 0 aliphatic carbocycles. The molecule has 3 unspecified atom stereocenters. The molecule has 0 bridgehead atoms. The highest BCUT2D eigenvalue weighted by molar-refractivity contribution is 6.29. The fourth-order valence-electron chi connectivity index (χ4n) is 3.96. The van der Waals surface area contributed by atoms with Crippen molar-refractivity contribution in [2.24, 2.45) is 5.92 Å². The Morgan fingerprint density at radius 3 is 2.67 bits per heavy atom. The monoisotopic (exact) mass is 428 g/mol. The second-order valence-electron chi connectivity index (χ2n) is 7.77. The van der Waals surface area contributed by atoms with Crippen LogP contribution in [0.5, 0.6) is 11.6 Å². The predicted molar refractivity (Wildman–Crippen MR) is 114 cm³/mol. The van der Waals surface area contributed by atoms with Crippen LogP contribution in [0.15, 0.2) is 36.7 Å². The summed E-state index contributed by atoms with van der Waals surface area (Å²) in [5.41, 5.74) is 2.82. The number of carbonyl (C=O) groups is 1. The highest BCUT2D eigenvalue weighted by atomic mass is 35.5. The Hall–Kier alpha value is -2.80. The van der Waals surface area contributed by atoms with Crippen molar-refractivity contribution >= 4 is 23.0 Å². The summed E-state index contributed by atoms with van der Waals surface area (Å²) < 4.78 is 13.1. The number of carbonyl (C=O) groups excluding carboxylic acids is 1. The number of ether oxygens (including phenoxy) is 2. The molecule has 0 radical (unpaired) electrons. The molecule has 30 heavy (non-hydrogen) atoms. The highest BCUT2D eigenvalue weighted by Gasteiger charge is 2.37. The second-order valence-corrected chi connectivity index (χ2v) is 8.16. The van der Waals surface area contributed by atoms with E-state index in [1.165, 1.54) is 0 Å². The van der Waals surface area contributed by atoms with Crippen molar-refractivity contribution in [3.05, 3.63) is 52.9 Å². The van der Waals surface area contributed by atoms with E-state index in [4.69, 9.17) is 21.1 Å². The lowest BCUT2D eigenvalue weighted by atomic mass is 10.0. The average molecular weight is 429 g/mol. The summed E-state index contributed by atoms with van der Waals surface area (Å²) in [6.07, 6.45) is 3.64. The molecule has 0 saturated carbocycles. The number of benzene rings is 1. The van der Waals surface area contributed by atoms with E-state index in [-0.39, 0.29) is 24.0 Å². The smallest absolute Gasteiger partial charge is 0.242 e. The van der Waals surface area contributed by atoms with E-state index < -0.39 is 0 Å². The molecule has 3 atom stereocenters. The van der Waals surface area contributed by atoms with Gasteiger partial charge in [0, 0.05) is 24.4 Å². The lowest BCUT2D eigenvalue weighted by Crippen LogP contribution is -2.31. The lowest BCUT2D eigenvalue weighted by molar-refractivity contribution is -0.129. The molecule has 1 amide bonds. The Kier molecular flexibility index (Phi) is 5.56. The minimum atomic E-state index is -0.203. The summed E-state index contributed by atoms with van der Waals surface area (Å²) in [6, 6.07) is 7.81. The maximum absolute atomic E-state index is 12.8. The lowest BCUT2D eigenvalue weighted by Gasteiger charge is -2.26. The molecule has 1 aromatic carbocycles. The Labute approximate surface area is 180 Å². The molecule has 3 heterocycles. The Bertz CT molecular complexity index is 1070. The third kappa shape index (κ3) is 3.81. The van der Waals surface area contributed by atoms with Crippen LogP contribution in [0.25, 0.3) is 5.52 Å². The van der Waals surface area contributed by atoms with Crippen molar-refractivity contribution in [2.75, 3.05) is 13.7 Å². The molecular weight excluding hydrogens is 404 g/mol.